The van der Waals surface area contributed by atoms with Crippen LogP contribution in [0.1, 0.15) is 18.5 Å². The Morgan fingerprint density at radius 3 is 2.53 bits per heavy atom. The van der Waals surface area contributed by atoms with E-state index in [0.717, 1.165) is 11.3 Å². The van der Waals surface area contributed by atoms with E-state index in [0.29, 0.717) is 5.69 Å². The lowest BCUT2D eigenvalue weighted by molar-refractivity contribution is 0.259. The summed E-state index contributed by atoms with van der Waals surface area (Å²) in [7, 11) is 0. The minimum atomic E-state index is -0.561. The lowest BCUT2D eigenvalue weighted by Crippen LogP contribution is -2.19. The maximum atomic E-state index is 10.7. The van der Waals surface area contributed by atoms with Crippen molar-refractivity contribution in [2.75, 3.05) is 10.6 Å². The number of pyridine rings is 1. The zero-order valence-corrected chi connectivity index (χ0v) is 10.6. The Morgan fingerprint density at radius 1 is 1.21 bits per heavy atom. The van der Waals surface area contributed by atoms with Gasteiger partial charge in [0, 0.05) is 24.1 Å². The standard InChI is InChI=1S/C14H16N4O/c1-10(17-13-3-2-8-16-9-13)11-4-6-12(7-5-11)18-14(15)19/h2-10,17H,1H3,(H3,15,18,19). The van der Waals surface area contributed by atoms with Crippen LogP contribution in [0.2, 0.25) is 0 Å². The number of carbonyl (C=O) groups excluding carboxylic acids is 1. The number of nitrogens with one attached hydrogen (secondary N) is 2. The van der Waals surface area contributed by atoms with Gasteiger partial charge in [-0.2, -0.15) is 0 Å². The molecule has 0 fully saturated rings. The van der Waals surface area contributed by atoms with Crippen LogP contribution in [0.15, 0.2) is 48.8 Å². The monoisotopic (exact) mass is 256 g/mol. The van der Waals surface area contributed by atoms with Crippen LogP contribution in [-0.2, 0) is 0 Å². The molecule has 0 spiro atoms. The van der Waals surface area contributed by atoms with Crippen LogP contribution in [0.3, 0.4) is 0 Å². The quantitative estimate of drug-likeness (QED) is 0.786. The van der Waals surface area contributed by atoms with Crippen molar-refractivity contribution in [3.05, 3.63) is 54.4 Å². The summed E-state index contributed by atoms with van der Waals surface area (Å²) in [6.45, 7) is 2.06. The number of benzene rings is 1. The molecule has 98 valence electrons. The molecule has 5 heteroatoms. The van der Waals surface area contributed by atoms with Gasteiger partial charge in [-0.15, -0.1) is 0 Å². The first-order valence-electron chi connectivity index (χ1n) is 5.98. The molecule has 1 atom stereocenters. The van der Waals surface area contributed by atoms with Crippen molar-refractivity contribution in [1.29, 1.82) is 0 Å². The van der Waals surface area contributed by atoms with E-state index in [1.807, 2.05) is 36.4 Å². The summed E-state index contributed by atoms with van der Waals surface area (Å²) in [6, 6.07) is 11.0. The first kappa shape index (κ1) is 12.9. The Morgan fingerprint density at radius 2 is 1.95 bits per heavy atom. The molecule has 1 aromatic carbocycles. The Bertz CT molecular complexity index is 539. The number of aromatic nitrogens is 1. The third-order valence-corrected chi connectivity index (χ3v) is 2.72. The van der Waals surface area contributed by atoms with Gasteiger partial charge < -0.3 is 16.4 Å². The van der Waals surface area contributed by atoms with Gasteiger partial charge in [0.05, 0.1) is 5.69 Å². The van der Waals surface area contributed by atoms with Crippen LogP contribution < -0.4 is 16.4 Å². The Balaban J connectivity index is 2.03. The number of amides is 2. The van der Waals surface area contributed by atoms with E-state index in [1.165, 1.54) is 0 Å². The molecule has 2 amide bonds. The number of hydrogen-bond donors (Lipinski definition) is 3. The minimum Gasteiger partial charge on any atom is -0.377 e. The lowest BCUT2D eigenvalue weighted by atomic mass is 10.1. The summed E-state index contributed by atoms with van der Waals surface area (Å²) < 4.78 is 0. The fourth-order valence-corrected chi connectivity index (χ4v) is 1.78. The van der Waals surface area contributed by atoms with Crippen LogP contribution in [0.4, 0.5) is 16.2 Å². The van der Waals surface area contributed by atoms with Gasteiger partial charge in [0.2, 0.25) is 0 Å². The highest BCUT2D eigenvalue weighted by Gasteiger charge is 2.05. The fourth-order valence-electron chi connectivity index (χ4n) is 1.78. The number of nitrogens with zero attached hydrogens (tertiary/aromatic N) is 1. The van der Waals surface area contributed by atoms with Gasteiger partial charge in [-0.05, 0) is 36.8 Å². The molecule has 5 nitrogen and oxygen atoms in total. The van der Waals surface area contributed by atoms with Crippen molar-refractivity contribution in [2.24, 2.45) is 5.73 Å². The summed E-state index contributed by atoms with van der Waals surface area (Å²) in [5.74, 6) is 0. The summed E-state index contributed by atoms with van der Waals surface area (Å²) >= 11 is 0. The van der Waals surface area contributed by atoms with Crippen molar-refractivity contribution >= 4 is 17.4 Å². The molecule has 0 radical (unpaired) electrons. The Hall–Kier alpha value is -2.56. The number of hydrogen-bond acceptors (Lipinski definition) is 3. The topological polar surface area (TPSA) is 80.0 Å². The summed E-state index contributed by atoms with van der Waals surface area (Å²) in [5.41, 5.74) is 7.82. The predicted molar refractivity (Wildman–Crippen MR) is 75.9 cm³/mol. The van der Waals surface area contributed by atoms with Crippen LogP contribution >= 0.6 is 0 Å². The summed E-state index contributed by atoms with van der Waals surface area (Å²) in [4.78, 5) is 14.8. The molecular formula is C14H16N4O. The van der Waals surface area contributed by atoms with Crippen LogP contribution in [0.25, 0.3) is 0 Å². The van der Waals surface area contributed by atoms with Crippen molar-refractivity contribution in [3.63, 3.8) is 0 Å². The second-order valence-corrected chi connectivity index (χ2v) is 4.22. The molecule has 0 aliphatic heterocycles. The second kappa shape index (κ2) is 5.86. The number of nitrogens with two attached hydrogens (primary N) is 1. The average Bonchev–Trinajstić information content (AvgIpc) is 2.40. The van der Waals surface area contributed by atoms with Crippen LogP contribution in [-0.4, -0.2) is 11.0 Å². The largest absolute Gasteiger partial charge is 0.377 e. The van der Waals surface area contributed by atoms with Gasteiger partial charge in [0.15, 0.2) is 0 Å². The normalized spacial score (nSPS) is 11.6. The van der Waals surface area contributed by atoms with Gasteiger partial charge in [0.25, 0.3) is 0 Å². The molecule has 19 heavy (non-hydrogen) atoms. The molecule has 2 aromatic rings. The first-order chi connectivity index (χ1) is 9.15. The smallest absolute Gasteiger partial charge is 0.316 e. The third kappa shape index (κ3) is 3.70. The Labute approximate surface area is 111 Å². The van der Waals surface area contributed by atoms with Crippen LogP contribution in [0.5, 0.6) is 0 Å². The number of urea groups is 1. The van der Waals surface area contributed by atoms with Gasteiger partial charge in [-0.25, -0.2) is 4.79 Å². The van der Waals surface area contributed by atoms with Gasteiger partial charge in [-0.3, -0.25) is 4.98 Å². The van der Waals surface area contributed by atoms with E-state index in [9.17, 15) is 4.79 Å². The fraction of sp³-hybridized carbons (Fsp3) is 0.143. The highest BCUT2D eigenvalue weighted by atomic mass is 16.2. The second-order valence-electron chi connectivity index (χ2n) is 4.22. The molecular weight excluding hydrogens is 240 g/mol. The average molecular weight is 256 g/mol. The van der Waals surface area contributed by atoms with E-state index in [2.05, 4.69) is 22.5 Å². The van der Waals surface area contributed by atoms with Gasteiger partial charge >= 0.3 is 6.03 Å². The molecule has 1 heterocycles. The molecule has 0 aliphatic rings. The molecule has 4 N–H and O–H groups in total. The number of carbonyl (C=O) groups is 1. The van der Waals surface area contributed by atoms with Crippen molar-refractivity contribution in [3.8, 4) is 0 Å². The highest BCUT2D eigenvalue weighted by Crippen LogP contribution is 2.20. The third-order valence-electron chi connectivity index (χ3n) is 2.72. The molecule has 1 unspecified atom stereocenters. The van der Waals surface area contributed by atoms with Crippen molar-refractivity contribution in [2.45, 2.75) is 13.0 Å². The van der Waals surface area contributed by atoms with Crippen molar-refractivity contribution < 1.29 is 4.79 Å². The van der Waals surface area contributed by atoms with E-state index >= 15 is 0 Å². The maximum Gasteiger partial charge on any atom is 0.316 e. The van der Waals surface area contributed by atoms with E-state index in [1.54, 1.807) is 12.4 Å². The van der Waals surface area contributed by atoms with Crippen molar-refractivity contribution in [1.82, 2.24) is 4.98 Å². The zero-order valence-electron chi connectivity index (χ0n) is 10.6. The van der Waals surface area contributed by atoms with E-state index in [4.69, 9.17) is 5.73 Å². The maximum absolute atomic E-state index is 10.7. The minimum absolute atomic E-state index is 0.145. The lowest BCUT2D eigenvalue weighted by Gasteiger charge is -2.15. The molecule has 0 bridgehead atoms. The number of primary amides is 1. The summed E-state index contributed by atoms with van der Waals surface area (Å²) in [5, 5.41) is 5.87. The number of rotatable bonds is 4. The first-order valence-corrected chi connectivity index (χ1v) is 5.98. The highest BCUT2D eigenvalue weighted by molar-refractivity contribution is 5.87. The van der Waals surface area contributed by atoms with Crippen LogP contribution in [0, 0.1) is 0 Å². The van der Waals surface area contributed by atoms with E-state index < -0.39 is 6.03 Å². The SMILES string of the molecule is CC(Nc1cccnc1)c1ccc(NC(N)=O)cc1. The van der Waals surface area contributed by atoms with E-state index in [-0.39, 0.29) is 6.04 Å². The molecule has 1 aromatic heterocycles. The number of anilines is 2. The molecule has 0 saturated heterocycles. The molecule has 2 rings (SSSR count). The molecule has 0 aliphatic carbocycles. The van der Waals surface area contributed by atoms with Gasteiger partial charge in [0.1, 0.15) is 0 Å². The Kier molecular flexibility index (Phi) is 3.97. The zero-order chi connectivity index (χ0) is 13.7. The van der Waals surface area contributed by atoms with Gasteiger partial charge in [-0.1, -0.05) is 12.1 Å². The molecule has 0 saturated carbocycles. The summed E-state index contributed by atoms with van der Waals surface area (Å²) in [6.07, 6.45) is 3.51. The predicted octanol–water partition coefficient (Wildman–Crippen LogP) is 2.75.